The second-order valence-corrected chi connectivity index (χ2v) is 11.2. The number of aryl methyl sites for hydroxylation is 1. The van der Waals surface area contributed by atoms with Crippen molar-refractivity contribution in [3.63, 3.8) is 0 Å². The molecule has 37 heavy (non-hydrogen) atoms. The molecule has 3 aliphatic rings. The van der Waals surface area contributed by atoms with E-state index in [4.69, 9.17) is 0 Å². The van der Waals surface area contributed by atoms with Crippen molar-refractivity contribution >= 4 is 28.9 Å². The number of phenolic OH excluding ortho intramolecular Hbond substituents is 1. The highest BCUT2D eigenvalue weighted by molar-refractivity contribution is 6.32. The van der Waals surface area contributed by atoms with Crippen LogP contribution in [0.25, 0.3) is 11.1 Å². The summed E-state index contributed by atoms with van der Waals surface area (Å²) in [5, 5.41) is 22.4. The van der Waals surface area contributed by atoms with Gasteiger partial charge in [-0.25, -0.2) is 0 Å². The summed E-state index contributed by atoms with van der Waals surface area (Å²) in [6.07, 6.45) is 0.372. The van der Waals surface area contributed by atoms with E-state index in [0.29, 0.717) is 5.56 Å². The van der Waals surface area contributed by atoms with E-state index in [2.05, 4.69) is 0 Å². The van der Waals surface area contributed by atoms with Crippen molar-refractivity contribution in [3.05, 3.63) is 53.1 Å². The first kappa shape index (κ1) is 25.2. The third-order valence-electron chi connectivity index (χ3n) is 8.68. The van der Waals surface area contributed by atoms with Gasteiger partial charge in [-0.3, -0.25) is 24.0 Å². The molecule has 2 saturated carbocycles. The number of ketones is 5. The number of aromatic hydroxyl groups is 1. The molecule has 0 saturated heterocycles. The van der Waals surface area contributed by atoms with Crippen LogP contribution in [0.1, 0.15) is 48.7 Å². The van der Waals surface area contributed by atoms with Gasteiger partial charge in [0.2, 0.25) is 0 Å². The van der Waals surface area contributed by atoms with Crippen LogP contribution in [0.3, 0.4) is 0 Å². The van der Waals surface area contributed by atoms with E-state index in [1.807, 2.05) is 31.2 Å². The number of carbonyl (C=O) groups excluding carboxylic acids is 5. The molecule has 0 aliphatic heterocycles. The highest BCUT2D eigenvalue weighted by atomic mass is 16.3. The van der Waals surface area contributed by atoms with Crippen LogP contribution in [0.15, 0.2) is 36.4 Å². The Morgan fingerprint density at radius 1 is 1.00 bits per heavy atom. The summed E-state index contributed by atoms with van der Waals surface area (Å²) in [5.41, 5.74) is 0.736. The van der Waals surface area contributed by atoms with E-state index >= 15 is 0 Å². The van der Waals surface area contributed by atoms with Crippen molar-refractivity contribution < 1.29 is 34.2 Å². The monoisotopic (exact) mass is 502 g/mol. The molecule has 2 fully saturated rings. The zero-order valence-electron chi connectivity index (χ0n) is 21.3. The maximum atomic E-state index is 13.9. The van der Waals surface area contributed by atoms with E-state index in [1.54, 1.807) is 19.9 Å². The molecule has 6 atom stereocenters. The highest BCUT2D eigenvalue weighted by Gasteiger charge is 2.68. The van der Waals surface area contributed by atoms with Gasteiger partial charge in [0, 0.05) is 11.8 Å². The quantitative estimate of drug-likeness (QED) is 0.617. The lowest BCUT2D eigenvalue weighted by molar-refractivity contribution is -0.182. The molecule has 0 spiro atoms. The van der Waals surface area contributed by atoms with Gasteiger partial charge in [-0.2, -0.15) is 0 Å². The predicted molar refractivity (Wildman–Crippen MR) is 134 cm³/mol. The number of carbonyl (C=O) groups is 5. The van der Waals surface area contributed by atoms with Crippen molar-refractivity contribution in [3.8, 4) is 16.9 Å². The number of rotatable bonds is 3. The molecule has 0 bridgehead atoms. The molecule has 0 radical (unpaired) electrons. The van der Waals surface area contributed by atoms with Crippen LogP contribution >= 0.6 is 0 Å². The first-order valence-electron chi connectivity index (χ1n) is 12.7. The number of hydrogen-bond donors (Lipinski definition) is 2. The Morgan fingerprint density at radius 2 is 1.65 bits per heavy atom. The van der Waals surface area contributed by atoms with Crippen LogP contribution in [0.4, 0.5) is 0 Å². The van der Waals surface area contributed by atoms with Gasteiger partial charge >= 0.3 is 0 Å². The number of hydrogen-bond acceptors (Lipinski definition) is 7. The SMILES string of the molecule is CC(=O)C1C(=O)C(C(C)C)C2CC3Cc4c(-c5ccc(C)cc5)ccc(O)c4C(=O)C3C(=O)C2(O)C1=O. The average Bonchev–Trinajstić information content (AvgIpc) is 2.82. The Hall–Kier alpha value is -3.45. The minimum absolute atomic E-state index is 0.0255. The zero-order chi connectivity index (χ0) is 27.0. The molecular weight excluding hydrogens is 472 g/mol. The summed E-state index contributed by atoms with van der Waals surface area (Å²) in [6.45, 7) is 6.60. The number of aliphatic hydroxyl groups is 1. The molecule has 2 aromatic carbocycles. The second-order valence-electron chi connectivity index (χ2n) is 11.2. The Bertz CT molecular complexity index is 1370. The first-order valence-corrected chi connectivity index (χ1v) is 12.7. The first-order chi connectivity index (χ1) is 17.4. The van der Waals surface area contributed by atoms with Crippen LogP contribution in [0.5, 0.6) is 5.75 Å². The lowest BCUT2D eigenvalue weighted by atomic mass is 9.49. The van der Waals surface area contributed by atoms with Crippen molar-refractivity contribution in [2.24, 2.45) is 35.5 Å². The summed E-state index contributed by atoms with van der Waals surface area (Å²) in [5.74, 6) is -10.1. The third-order valence-corrected chi connectivity index (χ3v) is 8.68. The van der Waals surface area contributed by atoms with Gasteiger partial charge in [0.1, 0.15) is 17.5 Å². The summed E-state index contributed by atoms with van der Waals surface area (Å²) < 4.78 is 0. The molecular formula is C30H30O7. The van der Waals surface area contributed by atoms with Crippen LogP contribution in [0.2, 0.25) is 0 Å². The van der Waals surface area contributed by atoms with Crippen LogP contribution in [-0.2, 0) is 25.6 Å². The van der Waals surface area contributed by atoms with Crippen molar-refractivity contribution in [2.45, 2.75) is 46.1 Å². The number of Topliss-reactive ketones (excluding diaryl/α,β-unsaturated/α-hetero) is 5. The van der Waals surface area contributed by atoms with Gasteiger partial charge in [-0.15, -0.1) is 0 Å². The molecule has 6 unspecified atom stereocenters. The zero-order valence-corrected chi connectivity index (χ0v) is 21.3. The molecule has 7 heteroatoms. The summed E-state index contributed by atoms with van der Waals surface area (Å²) in [7, 11) is 0. The van der Waals surface area contributed by atoms with Crippen LogP contribution < -0.4 is 0 Å². The van der Waals surface area contributed by atoms with E-state index in [0.717, 1.165) is 23.6 Å². The molecule has 192 valence electrons. The van der Waals surface area contributed by atoms with Crippen LogP contribution in [-0.4, -0.2) is 44.7 Å². The fourth-order valence-electron chi connectivity index (χ4n) is 6.97. The van der Waals surface area contributed by atoms with Gasteiger partial charge < -0.3 is 10.2 Å². The topological polar surface area (TPSA) is 126 Å². The number of fused-ring (bicyclic) bond motifs is 3. The van der Waals surface area contributed by atoms with Crippen molar-refractivity contribution in [1.82, 2.24) is 0 Å². The fourth-order valence-corrected chi connectivity index (χ4v) is 6.97. The van der Waals surface area contributed by atoms with Gasteiger partial charge in [-0.1, -0.05) is 49.7 Å². The number of phenols is 1. The Balaban J connectivity index is 1.66. The molecule has 3 aliphatic carbocycles. The van der Waals surface area contributed by atoms with Crippen LogP contribution in [0, 0.1) is 42.4 Å². The van der Waals surface area contributed by atoms with E-state index in [-0.39, 0.29) is 30.1 Å². The van der Waals surface area contributed by atoms with Gasteiger partial charge in [0.15, 0.2) is 28.7 Å². The normalized spacial score (nSPS) is 31.1. The average molecular weight is 503 g/mol. The lowest BCUT2D eigenvalue weighted by Crippen LogP contribution is -2.70. The molecule has 0 heterocycles. The molecule has 2 N–H and O–H groups in total. The molecule has 5 rings (SSSR count). The molecule has 0 amide bonds. The van der Waals surface area contributed by atoms with Gasteiger partial charge in [0.05, 0.1) is 11.5 Å². The summed E-state index contributed by atoms with van der Waals surface area (Å²) >= 11 is 0. The minimum Gasteiger partial charge on any atom is -0.507 e. The smallest absolute Gasteiger partial charge is 0.190 e. The molecule has 0 aromatic heterocycles. The van der Waals surface area contributed by atoms with Gasteiger partial charge in [0.25, 0.3) is 0 Å². The standard InChI is InChI=1S/C30H30O7/c1-13(2)22-20-12-17-11-19-18(16-7-5-14(3)6-8-16)9-10-21(32)25(19)27(34)24(17)29(36)30(20,37)28(35)23(15(4)31)26(22)33/h5-10,13,17,20,22-24,32,37H,11-12H2,1-4H3. The minimum atomic E-state index is -2.60. The predicted octanol–water partition coefficient (Wildman–Crippen LogP) is 3.29. The van der Waals surface area contributed by atoms with E-state index in [9.17, 15) is 34.2 Å². The Kier molecular flexibility index (Phi) is 5.83. The molecule has 7 nitrogen and oxygen atoms in total. The maximum absolute atomic E-state index is 13.9. The van der Waals surface area contributed by atoms with Gasteiger partial charge in [-0.05, 0) is 61.3 Å². The molecule has 2 aromatic rings. The largest absolute Gasteiger partial charge is 0.507 e. The summed E-state index contributed by atoms with van der Waals surface area (Å²) in [4.78, 5) is 66.7. The van der Waals surface area contributed by atoms with E-state index in [1.165, 1.54) is 6.07 Å². The van der Waals surface area contributed by atoms with Crippen molar-refractivity contribution in [1.29, 1.82) is 0 Å². The Morgan fingerprint density at radius 3 is 2.24 bits per heavy atom. The van der Waals surface area contributed by atoms with Crippen molar-refractivity contribution in [2.75, 3.05) is 0 Å². The fraction of sp³-hybridized carbons (Fsp3) is 0.433. The Labute approximate surface area is 214 Å². The third kappa shape index (κ3) is 3.47. The van der Waals surface area contributed by atoms with E-state index < -0.39 is 64.1 Å². The number of benzene rings is 2. The highest BCUT2D eigenvalue weighted by Crippen LogP contribution is 2.53. The second kappa shape index (κ2) is 8.55. The maximum Gasteiger partial charge on any atom is 0.190 e. The summed E-state index contributed by atoms with van der Waals surface area (Å²) in [6, 6.07) is 10.9. The lowest BCUT2D eigenvalue weighted by Gasteiger charge is -2.52.